The second kappa shape index (κ2) is 11.7. The lowest BCUT2D eigenvalue weighted by molar-refractivity contribution is -0.128. The number of carbonyl (C=O) groups excluding carboxylic acids is 2. The number of fused-ring (bicyclic) bond motifs is 1. The number of benzene rings is 1. The number of nitrogens with zero attached hydrogens (tertiary/aromatic N) is 5. The van der Waals surface area contributed by atoms with Crippen LogP contribution in [0.25, 0.3) is 16.6 Å². The van der Waals surface area contributed by atoms with Gasteiger partial charge in [-0.05, 0) is 94.7 Å². The first kappa shape index (κ1) is 28.3. The van der Waals surface area contributed by atoms with E-state index in [0.717, 1.165) is 69.4 Å². The second-order valence-corrected chi connectivity index (χ2v) is 12.0. The number of aromatic nitrogens is 2. The van der Waals surface area contributed by atoms with Gasteiger partial charge in [0.25, 0.3) is 5.91 Å². The van der Waals surface area contributed by atoms with Crippen molar-refractivity contribution in [1.82, 2.24) is 24.3 Å². The molecule has 5 rings (SSSR count). The Morgan fingerprint density at radius 3 is 2.67 bits per heavy atom. The van der Waals surface area contributed by atoms with Gasteiger partial charge in [-0.2, -0.15) is 0 Å². The van der Waals surface area contributed by atoms with Crippen molar-refractivity contribution >= 4 is 22.7 Å². The Hall–Kier alpha value is -3.26. The van der Waals surface area contributed by atoms with Crippen LogP contribution in [0.1, 0.15) is 67.9 Å². The predicted octanol–water partition coefficient (Wildman–Crippen LogP) is 5.22. The van der Waals surface area contributed by atoms with E-state index in [0.29, 0.717) is 23.2 Å². The van der Waals surface area contributed by atoms with Gasteiger partial charge in [0.15, 0.2) is 0 Å². The number of likely N-dealkylation sites (tertiary alicyclic amines) is 2. The van der Waals surface area contributed by atoms with Crippen LogP contribution in [0.5, 0.6) is 0 Å². The Morgan fingerprint density at radius 1 is 1.12 bits per heavy atom. The van der Waals surface area contributed by atoms with Crippen LogP contribution in [-0.2, 0) is 11.2 Å². The number of hydrogen-bond donors (Lipinski definition) is 0. The summed E-state index contributed by atoms with van der Waals surface area (Å²) in [5, 5.41) is 1.17. The quantitative estimate of drug-likeness (QED) is 0.425. The molecule has 2 amide bonds. The highest BCUT2D eigenvalue weighted by atomic mass is 19.1. The van der Waals surface area contributed by atoms with Crippen LogP contribution in [0.3, 0.4) is 0 Å². The molecule has 3 aromatic rings. The molecule has 7 nitrogen and oxygen atoms in total. The Kier molecular flexibility index (Phi) is 8.26. The fourth-order valence-corrected chi connectivity index (χ4v) is 6.54. The SMILES string of the molecule is CC(=O)N1CCCC(N2CCC(Cc3cn(-c4ccc(F)cc4C(=O)N(C)C(C)C)c4cncc(C)c34)C2)CC1. The van der Waals surface area contributed by atoms with E-state index in [1.807, 2.05) is 35.7 Å². The standard InChI is InChI=1S/C32H42FN5O2/c1-21(2)35(5)32(40)28-16-26(33)8-9-29(28)38-20-25(31-22(3)17-34-18-30(31)38)15-24-10-13-37(19-24)27-7-6-12-36(14-11-27)23(4)39/h8-9,16-18,20-21,24,27H,6-7,10-15,19H2,1-5H3. The molecule has 8 heteroatoms. The van der Waals surface area contributed by atoms with Crippen molar-refractivity contribution in [2.75, 3.05) is 33.2 Å². The zero-order valence-corrected chi connectivity index (χ0v) is 24.5. The van der Waals surface area contributed by atoms with Crippen molar-refractivity contribution in [2.24, 2.45) is 5.92 Å². The van der Waals surface area contributed by atoms with E-state index in [1.165, 1.54) is 23.1 Å². The Labute approximate surface area is 236 Å². The Balaban J connectivity index is 1.42. The maximum atomic E-state index is 14.4. The summed E-state index contributed by atoms with van der Waals surface area (Å²) in [5.41, 5.74) is 4.30. The van der Waals surface area contributed by atoms with E-state index in [1.54, 1.807) is 24.9 Å². The molecule has 2 unspecified atom stereocenters. The molecule has 1 aromatic carbocycles. The maximum Gasteiger partial charge on any atom is 0.256 e. The van der Waals surface area contributed by atoms with Crippen molar-refractivity contribution in [3.05, 3.63) is 59.3 Å². The van der Waals surface area contributed by atoms with Gasteiger partial charge in [-0.15, -0.1) is 0 Å². The van der Waals surface area contributed by atoms with Crippen molar-refractivity contribution in [3.8, 4) is 5.69 Å². The molecule has 40 heavy (non-hydrogen) atoms. The molecule has 0 spiro atoms. The minimum Gasteiger partial charge on any atom is -0.343 e. The second-order valence-electron chi connectivity index (χ2n) is 12.0. The minimum atomic E-state index is -0.425. The third-order valence-corrected chi connectivity index (χ3v) is 9.01. The average molecular weight is 548 g/mol. The summed E-state index contributed by atoms with van der Waals surface area (Å²) < 4.78 is 16.4. The summed E-state index contributed by atoms with van der Waals surface area (Å²) in [6, 6.07) is 5.00. The van der Waals surface area contributed by atoms with Gasteiger partial charge in [-0.25, -0.2) is 4.39 Å². The maximum absolute atomic E-state index is 14.4. The van der Waals surface area contributed by atoms with E-state index in [-0.39, 0.29) is 17.9 Å². The number of hydrogen-bond acceptors (Lipinski definition) is 4. The van der Waals surface area contributed by atoms with Crippen LogP contribution in [0.2, 0.25) is 0 Å². The summed E-state index contributed by atoms with van der Waals surface area (Å²) in [4.78, 5) is 36.0. The number of pyridine rings is 1. The highest BCUT2D eigenvalue weighted by molar-refractivity contribution is 5.99. The van der Waals surface area contributed by atoms with Crippen LogP contribution in [0.15, 0.2) is 36.8 Å². The molecule has 2 atom stereocenters. The number of amides is 2. The normalized spacial score (nSPS) is 20.3. The summed E-state index contributed by atoms with van der Waals surface area (Å²) in [6.45, 7) is 11.5. The number of halogens is 1. The first-order chi connectivity index (χ1) is 19.1. The van der Waals surface area contributed by atoms with Gasteiger partial charge < -0.3 is 19.3 Å². The molecule has 0 bridgehead atoms. The number of carbonyl (C=O) groups is 2. The number of rotatable bonds is 6. The van der Waals surface area contributed by atoms with Crippen LogP contribution in [-0.4, -0.2) is 81.4 Å². The van der Waals surface area contributed by atoms with Crippen molar-refractivity contribution in [1.29, 1.82) is 0 Å². The molecule has 4 heterocycles. The van der Waals surface area contributed by atoms with E-state index >= 15 is 0 Å². The first-order valence-electron chi connectivity index (χ1n) is 14.6. The molecule has 0 radical (unpaired) electrons. The third-order valence-electron chi connectivity index (χ3n) is 9.01. The molecular formula is C32H42FN5O2. The largest absolute Gasteiger partial charge is 0.343 e. The molecule has 0 saturated carbocycles. The zero-order chi connectivity index (χ0) is 28.6. The van der Waals surface area contributed by atoms with Crippen LogP contribution in [0, 0.1) is 18.7 Å². The summed E-state index contributed by atoms with van der Waals surface area (Å²) >= 11 is 0. The Bertz CT molecular complexity index is 1400. The van der Waals surface area contributed by atoms with E-state index in [4.69, 9.17) is 0 Å². The van der Waals surface area contributed by atoms with Gasteiger partial charge in [0, 0.05) is 63.5 Å². The van der Waals surface area contributed by atoms with Crippen molar-refractivity contribution in [3.63, 3.8) is 0 Å². The molecule has 2 aliphatic rings. The van der Waals surface area contributed by atoms with E-state index < -0.39 is 5.82 Å². The van der Waals surface area contributed by atoms with Gasteiger partial charge in [0.1, 0.15) is 5.82 Å². The summed E-state index contributed by atoms with van der Waals surface area (Å²) in [7, 11) is 1.75. The Morgan fingerprint density at radius 2 is 1.93 bits per heavy atom. The number of aryl methyl sites for hydroxylation is 1. The summed E-state index contributed by atoms with van der Waals surface area (Å²) in [6.07, 6.45) is 11.2. The van der Waals surface area contributed by atoms with Crippen molar-refractivity contribution in [2.45, 2.75) is 71.9 Å². The van der Waals surface area contributed by atoms with E-state index in [9.17, 15) is 14.0 Å². The molecule has 2 fully saturated rings. The zero-order valence-electron chi connectivity index (χ0n) is 24.5. The lowest BCUT2D eigenvalue weighted by atomic mass is 9.97. The van der Waals surface area contributed by atoms with Gasteiger partial charge >= 0.3 is 0 Å². The van der Waals surface area contributed by atoms with Gasteiger partial charge in [0.2, 0.25) is 5.91 Å². The molecule has 0 N–H and O–H groups in total. The topological polar surface area (TPSA) is 61.7 Å². The first-order valence-corrected chi connectivity index (χ1v) is 14.6. The van der Waals surface area contributed by atoms with Gasteiger partial charge in [-0.3, -0.25) is 14.6 Å². The molecule has 2 saturated heterocycles. The lowest BCUT2D eigenvalue weighted by Crippen LogP contribution is -2.35. The molecule has 0 aliphatic carbocycles. The fraction of sp³-hybridized carbons (Fsp3) is 0.531. The third kappa shape index (κ3) is 5.64. The summed E-state index contributed by atoms with van der Waals surface area (Å²) in [5.74, 6) is 0.0844. The van der Waals surface area contributed by atoms with Crippen LogP contribution >= 0.6 is 0 Å². The van der Waals surface area contributed by atoms with Crippen LogP contribution < -0.4 is 0 Å². The average Bonchev–Trinajstić information content (AvgIpc) is 3.45. The fourth-order valence-electron chi connectivity index (χ4n) is 6.54. The molecule has 214 valence electrons. The molecular weight excluding hydrogens is 505 g/mol. The van der Waals surface area contributed by atoms with Crippen LogP contribution in [0.4, 0.5) is 4.39 Å². The highest BCUT2D eigenvalue weighted by Crippen LogP contribution is 2.33. The molecule has 2 aliphatic heterocycles. The van der Waals surface area contributed by atoms with Crippen molar-refractivity contribution < 1.29 is 14.0 Å². The monoisotopic (exact) mass is 547 g/mol. The van der Waals surface area contributed by atoms with E-state index in [2.05, 4.69) is 23.0 Å². The minimum absolute atomic E-state index is 0.00574. The van der Waals surface area contributed by atoms with Gasteiger partial charge in [-0.1, -0.05) is 0 Å². The molecule has 2 aromatic heterocycles. The predicted molar refractivity (Wildman–Crippen MR) is 156 cm³/mol. The lowest BCUT2D eigenvalue weighted by Gasteiger charge is -2.27. The highest BCUT2D eigenvalue weighted by Gasteiger charge is 2.31. The smallest absolute Gasteiger partial charge is 0.256 e. The van der Waals surface area contributed by atoms with Gasteiger partial charge in [0.05, 0.1) is 23.0 Å².